The lowest BCUT2D eigenvalue weighted by molar-refractivity contribution is -0.136. The van der Waals surface area contributed by atoms with Crippen molar-refractivity contribution in [2.24, 2.45) is 5.92 Å². The minimum atomic E-state index is -0.784. The summed E-state index contributed by atoms with van der Waals surface area (Å²) in [4.78, 5) is 11.7. The summed E-state index contributed by atoms with van der Waals surface area (Å²) in [6.45, 7) is 1.77. The molecule has 1 saturated heterocycles. The van der Waals surface area contributed by atoms with E-state index in [0.717, 1.165) is 31.0 Å². The third-order valence-electron chi connectivity index (χ3n) is 2.79. The zero-order valence-corrected chi connectivity index (χ0v) is 10.4. The molecule has 2 rings (SSSR count). The van der Waals surface area contributed by atoms with E-state index in [1.807, 2.05) is 36.0 Å². The first-order valence-corrected chi connectivity index (χ1v) is 6.74. The van der Waals surface area contributed by atoms with Crippen molar-refractivity contribution in [2.75, 3.05) is 19.0 Å². The molecule has 0 aliphatic carbocycles. The first-order valence-electron chi connectivity index (χ1n) is 5.75. The van der Waals surface area contributed by atoms with Crippen LogP contribution in [0.4, 0.5) is 0 Å². The van der Waals surface area contributed by atoms with E-state index < -0.39 is 5.97 Å². The largest absolute Gasteiger partial charge is 0.481 e. The van der Waals surface area contributed by atoms with Crippen molar-refractivity contribution in [1.82, 2.24) is 0 Å². The van der Waals surface area contributed by atoms with Gasteiger partial charge >= 0.3 is 5.97 Å². The van der Waals surface area contributed by atoms with Crippen LogP contribution in [0, 0.1) is 5.92 Å². The number of ether oxygens (including phenoxy) is 1. The molecule has 0 spiro atoms. The fraction of sp³-hybridized carbons (Fsp3) is 0.462. The molecule has 1 heterocycles. The van der Waals surface area contributed by atoms with Crippen LogP contribution in [0.5, 0.6) is 0 Å². The second-order valence-electron chi connectivity index (χ2n) is 4.26. The molecule has 1 atom stereocenters. The van der Waals surface area contributed by atoms with Gasteiger partial charge in [0, 0.05) is 17.3 Å². The van der Waals surface area contributed by atoms with Gasteiger partial charge < -0.3 is 9.84 Å². The average Bonchev–Trinajstić information content (AvgIpc) is 2.80. The third-order valence-corrected chi connectivity index (χ3v) is 4.03. The van der Waals surface area contributed by atoms with Crippen molar-refractivity contribution in [3.8, 4) is 0 Å². The maximum atomic E-state index is 10.5. The number of benzene rings is 1. The van der Waals surface area contributed by atoms with E-state index in [1.165, 1.54) is 4.90 Å². The van der Waals surface area contributed by atoms with Crippen molar-refractivity contribution in [3.05, 3.63) is 29.8 Å². The molecule has 1 fully saturated rings. The standard InChI is InChI=1S/C13H16O3S/c14-13(15)7-10-1-3-12(4-2-10)17-9-11-5-6-16-8-11/h1-4,11H,5-9H2,(H,14,15). The highest BCUT2D eigenvalue weighted by Gasteiger charge is 2.15. The van der Waals surface area contributed by atoms with Gasteiger partial charge in [-0.15, -0.1) is 11.8 Å². The van der Waals surface area contributed by atoms with Crippen LogP contribution in [0.15, 0.2) is 29.2 Å². The van der Waals surface area contributed by atoms with E-state index in [9.17, 15) is 4.79 Å². The first-order chi connectivity index (χ1) is 8.24. The minimum absolute atomic E-state index is 0.0986. The van der Waals surface area contributed by atoms with Gasteiger partial charge in [0.15, 0.2) is 0 Å². The van der Waals surface area contributed by atoms with Gasteiger partial charge in [-0.3, -0.25) is 4.79 Å². The summed E-state index contributed by atoms with van der Waals surface area (Å²) in [5.41, 5.74) is 0.853. The Bertz CT molecular complexity index is 369. The maximum absolute atomic E-state index is 10.5. The Balaban J connectivity index is 1.82. The Kier molecular flexibility index (Phi) is 4.45. The summed E-state index contributed by atoms with van der Waals surface area (Å²) >= 11 is 1.82. The lowest BCUT2D eigenvalue weighted by Gasteiger charge is -2.07. The lowest BCUT2D eigenvalue weighted by atomic mass is 10.1. The topological polar surface area (TPSA) is 46.5 Å². The molecule has 3 nitrogen and oxygen atoms in total. The van der Waals surface area contributed by atoms with Gasteiger partial charge in [0.2, 0.25) is 0 Å². The summed E-state index contributed by atoms with van der Waals surface area (Å²) in [6, 6.07) is 7.78. The van der Waals surface area contributed by atoms with Crippen LogP contribution < -0.4 is 0 Å². The van der Waals surface area contributed by atoms with Crippen molar-refractivity contribution in [2.45, 2.75) is 17.7 Å². The fourth-order valence-electron chi connectivity index (χ4n) is 1.81. The molecule has 1 aliphatic heterocycles. The SMILES string of the molecule is O=C(O)Cc1ccc(SCC2CCOC2)cc1. The van der Waals surface area contributed by atoms with Crippen LogP contribution in [0.2, 0.25) is 0 Å². The Labute approximate surface area is 105 Å². The van der Waals surface area contributed by atoms with Crippen molar-refractivity contribution >= 4 is 17.7 Å². The molecule has 92 valence electrons. The Morgan fingerprint density at radius 3 is 2.76 bits per heavy atom. The van der Waals surface area contributed by atoms with Gasteiger partial charge in [-0.1, -0.05) is 12.1 Å². The molecule has 0 amide bonds. The number of carbonyl (C=O) groups is 1. The zero-order valence-electron chi connectivity index (χ0n) is 9.59. The van der Waals surface area contributed by atoms with Gasteiger partial charge in [-0.2, -0.15) is 0 Å². The summed E-state index contributed by atoms with van der Waals surface area (Å²) < 4.78 is 5.33. The molecule has 1 aromatic carbocycles. The summed E-state index contributed by atoms with van der Waals surface area (Å²) in [5.74, 6) is 0.963. The number of carboxylic acid groups (broad SMARTS) is 1. The third kappa shape index (κ3) is 4.06. The van der Waals surface area contributed by atoms with E-state index in [4.69, 9.17) is 9.84 Å². The molecule has 0 bridgehead atoms. The predicted molar refractivity (Wildman–Crippen MR) is 67.4 cm³/mol. The number of aliphatic carboxylic acids is 1. The smallest absolute Gasteiger partial charge is 0.307 e. The van der Waals surface area contributed by atoms with Crippen molar-refractivity contribution < 1.29 is 14.6 Å². The van der Waals surface area contributed by atoms with Gasteiger partial charge in [0.05, 0.1) is 13.0 Å². The number of hydrogen-bond acceptors (Lipinski definition) is 3. The van der Waals surface area contributed by atoms with Crippen LogP contribution in [-0.2, 0) is 16.0 Å². The number of thioether (sulfide) groups is 1. The molecule has 0 saturated carbocycles. The normalized spacial score (nSPS) is 19.4. The number of carboxylic acids is 1. The van der Waals surface area contributed by atoms with Crippen molar-refractivity contribution in [1.29, 1.82) is 0 Å². The Morgan fingerprint density at radius 1 is 1.41 bits per heavy atom. The zero-order chi connectivity index (χ0) is 12.1. The molecule has 1 unspecified atom stereocenters. The minimum Gasteiger partial charge on any atom is -0.481 e. The van der Waals surface area contributed by atoms with Crippen LogP contribution in [-0.4, -0.2) is 30.0 Å². The molecule has 4 heteroatoms. The highest BCUT2D eigenvalue weighted by atomic mass is 32.2. The lowest BCUT2D eigenvalue weighted by Crippen LogP contribution is -2.02. The van der Waals surface area contributed by atoms with Gasteiger partial charge in [-0.25, -0.2) is 0 Å². The van der Waals surface area contributed by atoms with E-state index in [2.05, 4.69) is 0 Å². The van der Waals surface area contributed by atoms with Crippen LogP contribution in [0.1, 0.15) is 12.0 Å². The number of hydrogen-bond donors (Lipinski definition) is 1. The summed E-state index contributed by atoms with van der Waals surface area (Å²) in [6.07, 6.45) is 1.26. The van der Waals surface area contributed by atoms with E-state index >= 15 is 0 Å². The quantitative estimate of drug-likeness (QED) is 0.818. The number of rotatable bonds is 5. The summed E-state index contributed by atoms with van der Waals surface area (Å²) in [5, 5.41) is 8.66. The predicted octanol–water partition coefficient (Wildman–Crippen LogP) is 2.44. The fourth-order valence-corrected chi connectivity index (χ4v) is 2.83. The van der Waals surface area contributed by atoms with Crippen molar-refractivity contribution in [3.63, 3.8) is 0 Å². The van der Waals surface area contributed by atoms with E-state index in [1.54, 1.807) is 0 Å². The van der Waals surface area contributed by atoms with Gasteiger partial charge in [0.1, 0.15) is 0 Å². The second-order valence-corrected chi connectivity index (χ2v) is 5.35. The van der Waals surface area contributed by atoms with Gasteiger partial charge in [-0.05, 0) is 30.0 Å². The molecule has 1 aromatic rings. The highest BCUT2D eigenvalue weighted by Crippen LogP contribution is 2.25. The van der Waals surface area contributed by atoms with E-state index in [-0.39, 0.29) is 6.42 Å². The first kappa shape index (κ1) is 12.5. The Morgan fingerprint density at radius 2 is 2.18 bits per heavy atom. The highest BCUT2D eigenvalue weighted by molar-refractivity contribution is 7.99. The molecule has 0 radical (unpaired) electrons. The summed E-state index contributed by atoms with van der Waals surface area (Å²) in [7, 11) is 0. The van der Waals surface area contributed by atoms with Crippen LogP contribution >= 0.6 is 11.8 Å². The molecular weight excluding hydrogens is 236 g/mol. The average molecular weight is 252 g/mol. The van der Waals surface area contributed by atoms with Crippen LogP contribution in [0.25, 0.3) is 0 Å². The molecule has 1 aliphatic rings. The van der Waals surface area contributed by atoms with Gasteiger partial charge in [0.25, 0.3) is 0 Å². The molecular formula is C13H16O3S. The van der Waals surface area contributed by atoms with E-state index in [0.29, 0.717) is 5.92 Å². The maximum Gasteiger partial charge on any atom is 0.307 e. The molecule has 0 aromatic heterocycles. The van der Waals surface area contributed by atoms with Crippen LogP contribution in [0.3, 0.4) is 0 Å². The molecule has 1 N–H and O–H groups in total. The second kappa shape index (κ2) is 6.07. The Hall–Kier alpha value is -1.00. The molecule has 17 heavy (non-hydrogen) atoms. The monoisotopic (exact) mass is 252 g/mol.